The lowest BCUT2D eigenvalue weighted by Crippen LogP contribution is -2.35. The van der Waals surface area contributed by atoms with Crippen LogP contribution in [0.25, 0.3) is 10.9 Å². The van der Waals surface area contributed by atoms with Crippen LogP contribution in [-0.2, 0) is 13.0 Å². The lowest BCUT2D eigenvalue weighted by Gasteiger charge is -2.27. The number of nitrogens with one attached hydrogen (secondary N) is 2. The fraction of sp³-hybridized carbons (Fsp3) is 0.167. The Labute approximate surface area is 183 Å². The molecule has 6 nitrogen and oxygen atoms in total. The highest BCUT2D eigenvalue weighted by Crippen LogP contribution is 2.30. The number of carbonyl (C=O) groups is 2. The van der Waals surface area contributed by atoms with Gasteiger partial charge in [-0.3, -0.25) is 9.59 Å². The van der Waals surface area contributed by atoms with E-state index >= 15 is 0 Å². The quantitative estimate of drug-likeness (QED) is 0.467. The molecule has 5 rings (SSSR count). The number of aromatic nitrogens is 1. The van der Waals surface area contributed by atoms with Crippen molar-refractivity contribution in [3.8, 4) is 0 Å². The molecule has 156 valence electrons. The van der Waals surface area contributed by atoms with Gasteiger partial charge in [-0.15, -0.1) is 0 Å². The Bertz CT molecular complexity index is 1310. The first-order valence-corrected chi connectivity index (χ1v) is 10.4. The van der Waals surface area contributed by atoms with E-state index in [1.165, 1.54) is 6.26 Å². The molecule has 0 unspecified atom stereocenters. The average molecular weight is 434 g/mol. The van der Waals surface area contributed by atoms with Crippen molar-refractivity contribution in [1.29, 1.82) is 0 Å². The molecule has 4 aromatic rings. The minimum atomic E-state index is -0.351. The van der Waals surface area contributed by atoms with Crippen LogP contribution in [0.4, 0.5) is 5.69 Å². The molecular weight excluding hydrogens is 414 g/mol. The van der Waals surface area contributed by atoms with Gasteiger partial charge < -0.3 is 19.6 Å². The standard InChI is InChI=1S/C24H20ClN3O3/c1-14-4-5-15(11-21(14)27-23(29)22-3-2-10-31-22)24(30)28-9-8-20-18(13-28)17-12-16(25)6-7-19(17)26-20/h2-7,10-12,26H,8-9,13H2,1H3,(H,27,29). The first-order valence-electron chi connectivity index (χ1n) is 10.0. The van der Waals surface area contributed by atoms with E-state index in [0.29, 0.717) is 29.4 Å². The van der Waals surface area contributed by atoms with Crippen LogP contribution in [0.2, 0.25) is 5.02 Å². The number of hydrogen-bond donors (Lipinski definition) is 2. The van der Waals surface area contributed by atoms with Crippen LogP contribution in [0.1, 0.15) is 37.7 Å². The van der Waals surface area contributed by atoms with Crippen molar-refractivity contribution in [3.63, 3.8) is 0 Å². The van der Waals surface area contributed by atoms with Crippen molar-refractivity contribution >= 4 is 40.0 Å². The molecule has 0 fully saturated rings. The van der Waals surface area contributed by atoms with Crippen LogP contribution in [0.15, 0.2) is 59.2 Å². The maximum absolute atomic E-state index is 13.3. The molecule has 0 bridgehead atoms. The molecule has 0 saturated heterocycles. The Kier molecular flexibility index (Phi) is 4.79. The fourth-order valence-electron chi connectivity index (χ4n) is 4.02. The molecule has 0 saturated carbocycles. The molecule has 31 heavy (non-hydrogen) atoms. The summed E-state index contributed by atoms with van der Waals surface area (Å²) in [6.07, 6.45) is 2.20. The van der Waals surface area contributed by atoms with Gasteiger partial charge in [-0.05, 0) is 55.0 Å². The average Bonchev–Trinajstić information content (AvgIpc) is 3.42. The zero-order chi connectivity index (χ0) is 21.5. The second-order valence-corrected chi connectivity index (χ2v) is 8.15. The number of fused-ring (bicyclic) bond motifs is 3. The zero-order valence-electron chi connectivity index (χ0n) is 16.9. The number of benzene rings is 2. The lowest BCUT2D eigenvalue weighted by atomic mass is 10.0. The van der Waals surface area contributed by atoms with Gasteiger partial charge in [0.1, 0.15) is 0 Å². The first kappa shape index (κ1) is 19.5. The molecule has 0 spiro atoms. The van der Waals surface area contributed by atoms with Crippen molar-refractivity contribution in [1.82, 2.24) is 9.88 Å². The normalized spacial score (nSPS) is 13.3. The number of furan rings is 1. The summed E-state index contributed by atoms with van der Waals surface area (Å²) in [6, 6.07) is 14.4. The van der Waals surface area contributed by atoms with E-state index < -0.39 is 0 Å². The monoisotopic (exact) mass is 433 g/mol. The number of halogens is 1. The molecule has 0 radical (unpaired) electrons. The predicted molar refractivity (Wildman–Crippen MR) is 120 cm³/mol. The van der Waals surface area contributed by atoms with Gasteiger partial charge in [-0.2, -0.15) is 0 Å². The van der Waals surface area contributed by atoms with Gasteiger partial charge in [0, 0.05) is 57.9 Å². The van der Waals surface area contributed by atoms with E-state index in [0.717, 1.165) is 34.1 Å². The van der Waals surface area contributed by atoms with Gasteiger partial charge in [0.05, 0.1) is 6.26 Å². The summed E-state index contributed by atoms with van der Waals surface area (Å²) in [5.41, 5.74) is 5.27. The smallest absolute Gasteiger partial charge is 0.291 e. The maximum Gasteiger partial charge on any atom is 0.291 e. The number of carbonyl (C=O) groups excluding carboxylic acids is 2. The van der Waals surface area contributed by atoms with Gasteiger partial charge in [0.25, 0.3) is 11.8 Å². The molecule has 0 atom stereocenters. The van der Waals surface area contributed by atoms with Gasteiger partial charge in [0.15, 0.2) is 5.76 Å². The number of anilines is 1. The lowest BCUT2D eigenvalue weighted by molar-refractivity contribution is 0.0735. The zero-order valence-corrected chi connectivity index (χ0v) is 17.6. The van der Waals surface area contributed by atoms with Gasteiger partial charge >= 0.3 is 0 Å². The topological polar surface area (TPSA) is 78.3 Å². The summed E-state index contributed by atoms with van der Waals surface area (Å²) < 4.78 is 5.15. The minimum Gasteiger partial charge on any atom is -0.459 e. The van der Waals surface area contributed by atoms with Crippen molar-refractivity contribution in [2.45, 2.75) is 19.9 Å². The molecule has 1 aliphatic rings. The molecule has 3 heterocycles. The number of amides is 2. The highest BCUT2D eigenvalue weighted by Gasteiger charge is 2.25. The molecule has 0 aliphatic carbocycles. The molecule has 2 aromatic carbocycles. The van der Waals surface area contributed by atoms with Crippen LogP contribution in [0, 0.1) is 6.92 Å². The number of rotatable bonds is 3. The number of H-pyrrole nitrogens is 1. The van der Waals surface area contributed by atoms with Crippen molar-refractivity contribution in [2.24, 2.45) is 0 Å². The number of aromatic amines is 1. The van der Waals surface area contributed by atoms with Crippen LogP contribution in [0.3, 0.4) is 0 Å². The molecule has 2 N–H and O–H groups in total. The fourth-order valence-corrected chi connectivity index (χ4v) is 4.20. The summed E-state index contributed by atoms with van der Waals surface area (Å²) in [7, 11) is 0. The van der Waals surface area contributed by atoms with Crippen LogP contribution in [0.5, 0.6) is 0 Å². The van der Waals surface area contributed by atoms with Gasteiger partial charge in [0.2, 0.25) is 0 Å². The molecule has 7 heteroatoms. The Morgan fingerprint density at radius 3 is 2.84 bits per heavy atom. The maximum atomic E-state index is 13.3. The van der Waals surface area contributed by atoms with Gasteiger partial charge in [-0.25, -0.2) is 0 Å². The van der Waals surface area contributed by atoms with E-state index in [2.05, 4.69) is 10.3 Å². The molecule has 2 aromatic heterocycles. The summed E-state index contributed by atoms with van der Waals surface area (Å²) in [4.78, 5) is 30.9. The van der Waals surface area contributed by atoms with Crippen LogP contribution in [-0.4, -0.2) is 28.2 Å². The minimum absolute atomic E-state index is 0.0736. The summed E-state index contributed by atoms with van der Waals surface area (Å²) in [5.74, 6) is -0.204. The third-order valence-corrected chi connectivity index (χ3v) is 5.94. The number of aryl methyl sites for hydroxylation is 1. The van der Waals surface area contributed by atoms with Crippen LogP contribution >= 0.6 is 11.6 Å². The Balaban J connectivity index is 1.40. The molecular formula is C24H20ClN3O3. The first-order chi connectivity index (χ1) is 15.0. The Hall–Kier alpha value is -3.51. The Morgan fingerprint density at radius 2 is 2.03 bits per heavy atom. The van der Waals surface area contributed by atoms with E-state index in [1.807, 2.05) is 36.1 Å². The highest BCUT2D eigenvalue weighted by molar-refractivity contribution is 6.31. The molecule has 1 aliphatic heterocycles. The third kappa shape index (κ3) is 3.59. The predicted octanol–water partition coefficient (Wildman–Crippen LogP) is 5.17. The van der Waals surface area contributed by atoms with Crippen LogP contribution < -0.4 is 5.32 Å². The van der Waals surface area contributed by atoms with Crippen molar-refractivity contribution in [3.05, 3.63) is 88.0 Å². The van der Waals surface area contributed by atoms with E-state index in [-0.39, 0.29) is 17.6 Å². The second kappa shape index (κ2) is 7.63. The Morgan fingerprint density at radius 1 is 1.16 bits per heavy atom. The van der Waals surface area contributed by atoms with E-state index in [9.17, 15) is 9.59 Å². The van der Waals surface area contributed by atoms with Gasteiger partial charge in [-0.1, -0.05) is 17.7 Å². The highest BCUT2D eigenvalue weighted by atomic mass is 35.5. The molecule has 2 amide bonds. The van der Waals surface area contributed by atoms with E-state index in [4.69, 9.17) is 16.0 Å². The third-order valence-electron chi connectivity index (χ3n) is 5.70. The summed E-state index contributed by atoms with van der Waals surface area (Å²) in [5, 5.41) is 4.56. The van der Waals surface area contributed by atoms with Crippen molar-refractivity contribution < 1.29 is 14.0 Å². The van der Waals surface area contributed by atoms with E-state index in [1.54, 1.807) is 24.3 Å². The number of nitrogens with zero attached hydrogens (tertiary/aromatic N) is 1. The second-order valence-electron chi connectivity index (χ2n) is 7.71. The summed E-state index contributed by atoms with van der Waals surface area (Å²) in [6.45, 7) is 3.01. The van der Waals surface area contributed by atoms with Crippen molar-refractivity contribution in [2.75, 3.05) is 11.9 Å². The summed E-state index contributed by atoms with van der Waals surface area (Å²) >= 11 is 6.19. The SMILES string of the molecule is Cc1ccc(C(=O)N2CCc3[nH]c4ccc(Cl)cc4c3C2)cc1NC(=O)c1ccco1. The number of hydrogen-bond acceptors (Lipinski definition) is 3. The largest absolute Gasteiger partial charge is 0.459 e.